The van der Waals surface area contributed by atoms with E-state index in [1.165, 1.54) is 0 Å². The van der Waals surface area contributed by atoms with Crippen molar-refractivity contribution < 1.29 is 13.9 Å². The second kappa shape index (κ2) is 10.2. The number of nitrogens with zero attached hydrogens (tertiary/aromatic N) is 3. The van der Waals surface area contributed by atoms with Crippen molar-refractivity contribution >= 4 is 17.7 Å². The van der Waals surface area contributed by atoms with Crippen LogP contribution in [0.4, 0.5) is 0 Å². The summed E-state index contributed by atoms with van der Waals surface area (Å²) in [6, 6.07) is 11.4. The Morgan fingerprint density at radius 1 is 1.24 bits per heavy atom. The molecule has 2 aromatic heterocycles. The Kier molecular flexibility index (Phi) is 7.35. The summed E-state index contributed by atoms with van der Waals surface area (Å²) >= 11 is 1.57. The topological polar surface area (TPSA) is 82.2 Å². The highest BCUT2D eigenvalue weighted by Gasteiger charge is 2.18. The summed E-state index contributed by atoms with van der Waals surface area (Å²) in [5.41, 5.74) is 0.916. The maximum absolute atomic E-state index is 11.9. The molecule has 2 heterocycles. The number of furan rings is 1. The zero-order chi connectivity index (χ0) is 20.6. The van der Waals surface area contributed by atoms with E-state index in [9.17, 15) is 4.79 Å². The van der Waals surface area contributed by atoms with Crippen LogP contribution in [0.15, 0.2) is 52.2 Å². The fourth-order valence-electron chi connectivity index (χ4n) is 2.70. The van der Waals surface area contributed by atoms with Crippen molar-refractivity contribution in [2.75, 3.05) is 19.4 Å². The second-order valence-corrected chi connectivity index (χ2v) is 8.03. The van der Waals surface area contributed by atoms with Crippen LogP contribution < -0.4 is 10.1 Å². The van der Waals surface area contributed by atoms with Crippen LogP contribution in [0, 0.1) is 5.92 Å². The molecule has 0 saturated heterocycles. The van der Waals surface area contributed by atoms with Gasteiger partial charge in [0, 0.05) is 18.7 Å². The Morgan fingerprint density at radius 3 is 2.69 bits per heavy atom. The van der Waals surface area contributed by atoms with Crippen LogP contribution in [0.3, 0.4) is 0 Å². The summed E-state index contributed by atoms with van der Waals surface area (Å²) in [6.45, 7) is 4.88. The molecule has 0 bridgehead atoms. The van der Waals surface area contributed by atoms with Crippen LogP contribution in [0.2, 0.25) is 0 Å². The van der Waals surface area contributed by atoms with E-state index in [-0.39, 0.29) is 5.91 Å². The molecule has 0 fully saturated rings. The Hall–Kier alpha value is -2.74. The molecule has 154 valence electrons. The maximum atomic E-state index is 11.9. The minimum Gasteiger partial charge on any atom is -0.497 e. The third-order valence-corrected chi connectivity index (χ3v) is 5.21. The van der Waals surface area contributed by atoms with E-state index in [4.69, 9.17) is 9.15 Å². The number of benzene rings is 1. The van der Waals surface area contributed by atoms with E-state index >= 15 is 0 Å². The predicted octanol–water partition coefficient (Wildman–Crippen LogP) is 4.18. The minimum absolute atomic E-state index is 0.0900. The Morgan fingerprint density at radius 2 is 2.03 bits per heavy atom. The number of carbonyl (C=O) groups is 1. The predicted molar refractivity (Wildman–Crippen MR) is 113 cm³/mol. The van der Waals surface area contributed by atoms with Crippen molar-refractivity contribution in [3.8, 4) is 23.0 Å². The Bertz CT molecular complexity index is 905. The number of rotatable bonds is 10. The Labute approximate surface area is 174 Å². The molecule has 0 aliphatic rings. The molecule has 0 aliphatic carbocycles. The molecule has 1 aromatic carbocycles. The van der Waals surface area contributed by atoms with Gasteiger partial charge in [-0.25, -0.2) is 0 Å². The van der Waals surface area contributed by atoms with Crippen molar-refractivity contribution in [3.05, 3.63) is 42.7 Å². The van der Waals surface area contributed by atoms with Crippen molar-refractivity contribution in [2.45, 2.75) is 31.8 Å². The van der Waals surface area contributed by atoms with E-state index in [1.807, 2.05) is 41.0 Å². The van der Waals surface area contributed by atoms with Crippen LogP contribution in [0.5, 0.6) is 5.75 Å². The van der Waals surface area contributed by atoms with E-state index < -0.39 is 0 Å². The highest BCUT2D eigenvalue weighted by molar-refractivity contribution is 7.99. The van der Waals surface area contributed by atoms with Crippen molar-refractivity contribution in [3.63, 3.8) is 0 Å². The van der Waals surface area contributed by atoms with Crippen LogP contribution in [0.25, 0.3) is 17.3 Å². The van der Waals surface area contributed by atoms with Crippen molar-refractivity contribution in [2.24, 2.45) is 5.92 Å². The average molecular weight is 415 g/mol. The van der Waals surface area contributed by atoms with E-state index in [2.05, 4.69) is 29.4 Å². The molecule has 0 saturated carbocycles. The zero-order valence-corrected chi connectivity index (χ0v) is 17.7. The fourth-order valence-corrected chi connectivity index (χ4v) is 3.59. The van der Waals surface area contributed by atoms with Gasteiger partial charge in [0.25, 0.3) is 0 Å². The smallest absolute Gasteiger partial charge is 0.220 e. The molecule has 0 unspecified atom stereocenters. The average Bonchev–Trinajstić information content (AvgIpc) is 3.39. The van der Waals surface area contributed by atoms with Crippen LogP contribution >= 0.6 is 11.8 Å². The quantitative estimate of drug-likeness (QED) is 0.396. The molecule has 3 aromatic rings. The normalized spacial score (nSPS) is 11.0. The van der Waals surface area contributed by atoms with Gasteiger partial charge in [-0.2, -0.15) is 0 Å². The van der Waals surface area contributed by atoms with Crippen LogP contribution in [-0.2, 0) is 4.79 Å². The molecule has 0 spiro atoms. The standard InChI is InChI=1S/C21H26N4O3S/c1-15(2)14-22-19(26)7-5-13-29-21-24-23-20(18-6-4-12-28-18)25(21)16-8-10-17(27-3)11-9-16/h4,6,8-12,15H,5,7,13-14H2,1-3H3,(H,22,26). The fraction of sp³-hybridized carbons (Fsp3) is 0.381. The van der Waals surface area contributed by atoms with Gasteiger partial charge >= 0.3 is 0 Å². The first-order chi connectivity index (χ1) is 14.1. The number of methoxy groups -OCH3 is 1. The van der Waals surface area contributed by atoms with Crippen LogP contribution in [0.1, 0.15) is 26.7 Å². The van der Waals surface area contributed by atoms with Gasteiger partial charge < -0.3 is 14.5 Å². The second-order valence-electron chi connectivity index (χ2n) is 6.97. The first kappa shape index (κ1) is 21.0. The molecule has 1 N–H and O–H groups in total. The zero-order valence-electron chi connectivity index (χ0n) is 16.9. The molecule has 8 heteroatoms. The highest BCUT2D eigenvalue weighted by atomic mass is 32.2. The number of hydrogen-bond acceptors (Lipinski definition) is 6. The number of carbonyl (C=O) groups excluding carboxylic acids is 1. The SMILES string of the molecule is COc1ccc(-n2c(SCCCC(=O)NCC(C)C)nnc2-c2ccco2)cc1. The third kappa shape index (κ3) is 5.63. The monoisotopic (exact) mass is 414 g/mol. The summed E-state index contributed by atoms with van der Waals surface area (Å²) in [6.07, 6.45) is 2.88. The lowest BCUT2D eigenvalue weighted by Crippen LogP contribution is -2.27. The molecular weight excluding hydrogens is 388 g/mol. The molecule has 7 nitrogen and oxygen atoms in total. The molecule has 3 rings (SSSR count). The molecular formula is C21H26N4O3S. The van der Waals surface area contributed by atoms with Gasteiger partial charge in [-0.05, 0) is 48.7 Å². The molecule has 0 radical (unpaired) electrons. The van der Waals surface area contributed by atoms with Crippen LogP contribution in [-0.4, -0.2) is 40.1 Å². The maximum Gasteiger partial charge on any atom is 0.220 e. The molecule has 0 atom stereocenters. The van der Waals surface area contributed by atoms with Gasteiger partial charge in [-0.15, -0.1) is 10.2 Å². The minimum atomic E-state index is 0.0900. The van der Waals surface area contributed by atoms with Gasteiger partial charge in [0.15, 0.2) is 10.9 Å². The first-order valence-electron chi connectivity index (χ1n) is 9.61. The summed E-state index contributed by atoms with van der Waals surface area (Å²) in [5.74, 6) is 3.37. The van der Waals surface area contributed by atoms with Gasteiger partial charge in [0.2, 0.25) is 11.7 Å². The van der Waals surface area contributed by atoms with E-state index in [1.54, 1.807) is 25.1 Å². The first-order valence-corrected chi connectivity index (χ1v) is 10.6. The molecule has 29 heavy (non-hydrogen) atoms. The number of ether oxygens (including phenoxy) is 1. The van der Waals surface area contributed by atoms with Gasteiger partial charge in [0.1, 0.15) is 5.75 Å². The number of nitrogens with one attached hydrogen (secondary N) is 1. The lowest BCUT2D eigenvalue weighted by atomic mass is 10.2. The number of hydrogen-bond donors (Lipinski definition) is 1. The summed E-state index contributed by atoms with van der Waals surface area (Å²) in [4.78, 5) is 11.9. The van der Waals surface area contributed by atoms with Crippen molar-refractivity contribution in [1.29, 1.82) is 0 Å². The summed E-state index contributed by atoms with van der Waals surface area (Å²) in [5, 5.41) is 12.4. The van der Waals surface area contributed by atoms with Crippen molar-refractivity contribution in [1.82, 2.24) is 20.1 Å². The van der Waals surface area contributed by atoms with E-state index in [0.29, 0.717) is 30.5 Å². The lowest BCUT2D eigenvalue weighted by molar-refractivity contribution is -0.121. The summed E-state index contributed by atoms with van der Waals surface area (Å²) in [7, 11) is 1.64. The number of amides is 1. The summed E-state index contributed by atoms with van der Waals surface area (Å²) < 4.78 is 12.7. The number of thioether (sulfide) groups is 1. The van der Waals surface area contributed by atoms with E-state index in [0.717, 1.165) is 28.8 Å². The van der Waals surface area contributed by atoms with Gasteiger partial charge in [0.05, 0.1) is 19.1 Å². The number of aromatic nitrogens is 3. The van der Waals surface area contributed by atoms with Gasteiger partial charge in [-0.1, -0.05) is 25.6 Å². The van der Waals surface area contributed by atoms with Gasteiger partial charge in [-0.3, -0.25) is 9.36 Å². The largest absolute Gasteiger partial charge is 0.497 e. The third-order valence-electron chi connectivity index (χ3n) is 4.19. The highest BCUT2D eigenvalue weighted by Crippen LogP contribution is 2.29. The molecule has 0 aliphatic heterocycles. The Balaban J connectivity index is 1.71. The molecule has 1 amide bonds. The lowest BCUT2D eigenvalue weighted by Gasteiger charge is -2.10.